The van der Waals surface area contributed by atoms with Gasteiger partial charge in [0.05, 0.1) is 12.2 Å². The van der Waals surface area contributed by atoms with Crippen molar-refractivity contribution in [1.82, 2.24) is 5.32 Å². The van der Waals surface area contributed by atoms with Gasteiger partial charge in [0.1, 0.15) is 5.78 Å². The van der Waals surface area contributed by atoms with Crippen molar-refractivity contribution in [1.29, 1.82) is 0 Å². The number of Topliss-reactive ketones (excluding diaryl/α,β-unsaturated/α-hetero) is 1. The summed E-state index contributed by atoms with van der Waals surface area (Å²) in [6.07, 6.45) is 4.74. The Morgan fingerprint density at radius 2 is 2.27 bits per heavy atom. The Morgan fingerprint density at radius 3 is 2.73 bits per heavy atom. The highest BCUT2D eigenvalue weighted by atomic mass is 32.2. The first-order chi connectivity index (χ1) is 7.08. The maximum absolute atomic E-state index is 11.0. The Kier molecular flexibility index (Phi) is 5.09. The summed E-state index contributed by atoms with van der Waals surface area (Å²) in [6, 6.07) is 0.363. The average molecular weight is 231 g/mol. The van der Waals surface area contributed by atoms with Crippen molar-refractivity contribution < 1.29 is 9.53 Å². The first-order valence-corrected chi connectivity index (χ1v) is 6.83. The number of thioether (sulfide) groups is 1. The Labute approximate surface area is 96.3 Å². The number of ether oxygens (including phenoxy) is 1. The van der Waals surface area contributed by atoms with Crippen LogP contribution in [0.3, 0.4) is 0 Å². The molecule has 0 bridgehead atoms. The normalized spacial score (nSPS) is 19.9. The molecule has 0 amide bonds. The lowest BCUT2D eigenvalue weighted by Gasteiger charge is -2.19. The van der Waals surface area contributed by atoms with E-state index in [4.69, 9.17) is 4.74 Å². The number of rotatable bonds is 8. The van der Waals surface area contributed by atoms with Crippen LogP contribution in [-0.4, -0.2) is 36.2 Å². The van der Waals surface area contributed by atoms with Crippen LogP contribution in [0.1, 0.15) is 33.1 Å². The van der Waals surface area contributed by atoms with Gasteiger partial charge in [0.15, 0.2) is 0 Å². The molecule has 3 nitrogen and oxygen atoms in total. The SMILES string of the molecule is CSCNC(C)COC1(CC(C)=O)CC1. The Hall–Kier alpha value is -0.0600. The molecule has 0 radical (unpaired) electrons. The summed E-state index contributed by atoms with van der Waals surface area (Å²) in [5, 5.41) is 3.34. The van der Waals surface area contributed by atoms with Gasteiger partial charge in [-0.1, -0.05) is 0 Å². The predicted molar refractivity (Wildman–Crippen MR) is 64.2 cm³/mol. The molecular formula is C11H21NO2S. The molecule has 1 fully saturated rings. The van der Waals surface area contributed by atoms with Crippen molar-refractivity contribution >= 4 is 17.5 Å². The van der Waals surface area contributed by atoms with Gasteiger partial charge in [-0.2, -0.15) is 0 Å². The van der Waals surface area contributed by atoms with Crippen molar-refractivity contribution in [2.45, 2.75) is 44.8 Å². The monoisotopic (exact) mass is 231 g/mol. The number of carbonyl (C=O) groups is 1. The molecule has 0 heterocycles. The molecule has 1 aliphatic rings. The molecule has 1 N–H and O–H groups in total. The number of hydrogen-bond acceptors (Lipinski definition) is 4. The summed E-state index contributed by atoms with van der Waals surface area (Å²) in [4.78, 5) is 11.0. The predicted octanol–water partition coefficient (Wildman–Crippen LogP) is 1.81. The third-order valence-corrected chi connectivity index (χ3v) is 3.05. The molecule has 15 heavy (non-hydrogen) atoms. The summed E-state index contributed by atoms with van der Waals surface area (Å²) >= 11 is 1.77. The second-order valence-electron chi connectivity index (χ2n) is 4.41. The molecule has 0 aromatic rings. The van der Waals surface area contributed by atoms with Crippen molar-refractivity contribution in [3.63, 3.8) is 0 Å². The fourth-order valence-corrected chi connectivity index (χ4v) is 2.00. The first kappa shape index (κ1) is 13.0. The van der Waals surface area contributed by atoms with Gasteiger partial charge in [-0.25, -0.2) is 0 Å². The van der Waals surface area contributed by atoms with E-state index in [1.807, 2.05) is 0 Å². The standard InChI is InChI=1S/C11H21NO2S/c1-9(12-8-15-3)7-14-11(4-5-11)6-10(2)13/h9,12H,4-8H2,1-3H3. The minimum atomic E-state index is -0.0961. The largest absolute Gasteiger partial charge is 0.373 e. The molecule has 0 spiro atoms. The first-order valence-electron chi connectivity index (χ1n) is 5.44. The van der Waals surface area contributed by atoms with Gasteiger partial charge in [0.25, 0.3) is 0 Å². The van der Waals surface area contributed by atoms with Crippen molar-refractivity contribution in [3.8, 4) is 0 Å². The van der Waals surface area contributed by atoms with E-state index >= 15 is 0 Å². The van der Waals surface area contributed by atoms with Gasteiger partial charge >= 0.3 is 0 Å². The van der Waals surface area contributed by atoms with Gasteiger partial charge in [-0.05, 0) is 32.9 Å². The maximum Gasteiger partial charge on any atom is 0.132 e. The van der Waals surface area contributed by atoms with Crippen LogP contribution in [0.25, 0.3) is 0 Å². The zero-order chi connectivity index (χ0) is 11.3. The number of hydrogen-bond donors (Lipinski definition) is 1. The number of ketones is 1. The molecule has 1 unspecified atom stereocenters. The van der Waals surface area contributed by atoms with Crippen LogP contribution in [0.5, 0.6) is 0 Å². The fraction of sp³-hybridized carbons (Fsp3) is 0.909. The summed E-state index contributed by atoms with van der Waals surface area (Å²) in [7, 11) is 0. The number of nitrogens with one attached hydrogen (secondary N) is 1. The highest BCUT2D eigenvalue weighted by Crippen LogP contribution is 2.42. The second kappa shape index (κ2) is 5.87. The highest BCUT2D eigenvalue weighted by molar-refractivity contribution is 7.98. The van der Waals surface area contributed by atoms with Crippen LogP contribution in [0, 0.1) is 0 Å². The molecule has 0 aliphatic heterocycles. The molecule has 0 aromatic carbocycles. The van der Waals surface area contributed by atoms with Gasteiger partial charge in [-0.15, -0.1) is 11.8 Å². The minimum Gasteiger partial charge on any atom is -0.373 e. The van der Waals surface area contributed by atoms with Crippen LogP contribution >= 0.6 is 11.8 Å². The van der Waals surface area contributed by atoms with Crippen molar-refractivity contribution in [3.05, 3.63) is 0 Å². The summed E-state index contributed by atoms with van der Waals surface area (Å²) in [6.45, 7) is 4.45. The molecular weight excluding hydrogens is 210 g/mol. The molecule has 1 rings (SSSR count). The molecule has 1 atom stereocenters. The van der Waals surface area contributed by atoms with E-state index in [1.165, 1.54) is 0 Å². The van der Waals surface area contributed by atoms with E-state index < -0.39 is 0 Å². The molecule has 0 saturated heterocycles. The van der Waals surface area contributed by atoms with Crippen LogP contribution in [0.15, 0.2) is 0 Å². The van der Waals surface area contributed by atoms with E-state index in [0.29, 0.717) is 19.1 Å². The Balaban J connectivity index is 2.16. The maximum atomic E-state index is 11.0. The van der Waals surface area contributed by atoms with Crippen LogP contribution in [0.2, 0.25) is 0 Å². The lowest BCUT2D eigenvalue weighted by molar-refractivity contribution is -0.120. The molecule has 1 saturated carbocycles. The lowest BCUT2D eigenvalue weighted by atomic mass is 10.2. The van der Waals surface area contributed by atoms with E-state index in [2.05, 4.69) is 18.5 Å². The van der Waals surface area contributed by atoms with Gasteiger partial charge in [0.2, 0.25) is 0 Å². The second-order valence-corrected chi connectivity index (χ2v) is 5.28. The van der Waals surface area contributed by atoms with E-state index in [9.17, 15) is 4.79 Å². The topological polar surface area (TPSA) is 38.3 Å². The van der Waals surface area contributed by atoms with Gasteiger partial charge in [-0.3, -0.25) is 4.79 Å². The minimum absolute atomic E-state index is 0.0961. The third kappa shape index (κ3) is 5.00. The fourth-order valence-electron chi connectivity index (χ4n) is 1.55. The zero-order valence-electron chi connectivity index (χ0n) is 9.84. The summed E-state index contributed by atoms with van der Waals surface area (Å²) in [5.41, 5.74) is -0.0961. The third-order valence-electron chi connectivity index (χ3n) is 2.59. The van der Waals surface area contributed by atoms with Crippen molar-refractivity contribution in [2.75, 3.05) is 18.7 Å². The van der Waals surface area contributed by atoms with Crippen LogP contribution < -0.4 is 5.32 Å². The molecule has 88 valence electrons. The highest BCUT2D eigenvalue weighted by Gasteiger charge is 2.44. The van der Waals surface area contributed by atoms with Crippen LogP contribution in [0.4, 0.5) is 0 Å². The smallest absolute Gasteiger partial charge is 0.132 e. The van der Waals surface area contributed by atoms with Gasteiger partial charge in [0, 0.05) is 18.3 Å². The Morgan fingerprint density at radius 1 is 1.60 bits per heavy atom. The van der Waals surface area contributed by atoms with E-state index in [-0.39, 0.29) is 11.4 Å². The van der Waals surface area contributed by atoms with Crippen LogP contribution in [-0.2, 0) is 9.53 Å². The lowest BCUT2D eigenvalue weighted by Crippen LogP contribution is -2.33. The molecule has 4 heteroatoms. The van der Waals surface area contributed by atoms with Gasteiger partial charge < -0.3 is 10.1 Å². The van der Waals surface area contributed by atoms with Crippen molar-refractivity contribution in [2.24, 2.45) is 0 Å². The zero-order valence-corrected chi connectivity index (χ0v) is 10.7. The van der Waals surface area contributed by atoms with E-state index in [0.717, 1.165) is 18.7 Å². The quantitative estimate of drug-likeness (QED) is 0.647. The summed E-state index contributed by atoms with van der Waals surface area (Å²) in [5.74, 6) is 1.18. The molecule has 1 aliphatic carbocycles. The molecule has 0 aromatic heterocycles. The number of carbonyl (C=O) groups excluding carboxylic acids is 1. The summed E-state index contributed by atoms with van der Waals surface area (Å²) < 4.78 is 5.82. The van der Waals surface area contributed by atoms with E-state index in [1.54, 1.807) is 18.7 Å². The Bertz CT molecular complexity index is 217. The average Bonchev–Trinajstić information content (AvgIpc) is 2.91.